The van der Waals surface area contributed by atoms with Gasteiger partial charge in [0, 0.05) is 12.8 Å². The van der Waals surface area contributed by atoms with E-state index in [0.717, 1.165) is 64.2 Å². The Labute approximate surface area is 628 Å². The summed E-state index contributed by atoms with van der Waals surface area (Å²) >= 11 is 0. The van der Waals surface area contributed by atoms with E-state index in [1.165, 1.54) is 360 Å². The van der Waals surface area contributed by atoms with Crippen LogP contribution in [-0.2, 0) is 33.3 Å². The summed E-state index contributed by atoms with van der Waals surface area (Å²) in [5.41, 5.74) is 0. The number of aliphatic carboxylic acids is 1. The molecule has 0 aromatic carbocycles. The van der Waals surface area contributed by atoms with Gasteiger partial charge >= 0.3 is 17.9 Å². The van der Waals surface area contributed by atoms with Crippen molar-refractivity contribution < 1.29 is 42.9 Å². The van der Waals surface area contributed by atoms with Gasteiger partial charge in [-0.05, 0) is 77.0 Å². The zero-order chi connectivity index (χ0) is 73.2. The number of hydrogen-bond acceptors (Lipinski definition) is 7. The highest BCUT2D eigenvalue weighted by Crippen LogP contribution is 2.21. The number of ether oxygens (including phenoxy) is 4. The van der Waals surface area contributed by atoms with Crippen LogP contribution in [0.1, 0.15) is 450 Å². The van der Waals surface area contributed by atoms with Gasteiger partial charge in [-0.25, -0.2) is 4.79 Å². The first-order valence-corrected chi connectivity index (χ1v) is 44.5. The maximum absolute atomic E-state index is 13.0. The molecular weight excluding hydrogens is 1250 g/mol. The molecule has 1 N–H and O–H groups in total. The van der Waals surface area contributed by atoms with Crippen LogP contribution in [0.15, 0.2) is 60.8 Å². The number of carboxylic acids is 1. The molecule has 0 radical (unpaired) electrons. The summed E-state index contributed by atoms with van der Waals surface area (Å²) in [5, 5.41) is 9.79. The van der Waals surface area contributed by atoms with Crippen molar-refractivity contribution in [3.63, 3.8) is 0 Å². The van der Waals surface area contributed by atoms with Crippen LogP contribution in [0.4, 0.5) is 0 Å². The molecule has 9 nitrogen and oxygen atoms in total. The minimum atomic E-state index is -1.51. The summed E-state index contributed by atoms with van der Waals surface area (Å²) in [6.45, 7) is 4.85. The summed E-state index contributed by atoms with van der Waals surface area (Å²) in [6, 6.07) is 0. The van der Waals surface area contributed by atoms with Crippen LogP contribution in [0.3, 0.4) is 0 Å². The first kappa shape index (κ1) is 98.0. The number of unbranched alkanes of at least 4 members (excludes halogenated alkanes) is 59. The number of rotatable bonds is 84. The molecule has 2 atom stereocenters. The molecule has 0 rings (SSSR count). The van der Waals surface area contributed by atoms with E-state index in [-0.39, 0.29) is 38.2 Å². The molecule has 0 aliphatic carbocycles. The topological polar surface area (TPSA) is 108 Å². The second-order valence-electron chi connectivity index (χ2n) is 31.5. The van der Waals surface area contributed by atoms with Gasteiger partial charge in [-0.2, -0.15) is 0 Å². The van der Waals surface area contributed by atoms with Crippen LogP contribution < -0.4 is 0 Å². The van der Waals surface area contributed by atoms with Gasteiger partial charge in [0.05, 0.1) is 34.4 Å². The van der Waals surface area contributed by atoms with Crippen LogP contribution in [0.25, 0.3) is 0 Å². The molecule has 0 heterocycles. The molecule has 2 unspecified atom stereocenters. The number of allylic oxidation sites excluding steroid dienone is 10. The number of carbonyl (C=O) groups is 3. The van der Waals surface area contributed by atoms with Crippen molar-refractivity contribution in [1.29, 1.82) is 0 Å². The molecule has 0 amide bonds. The number of nitrogens with zero attached hydrogens (tertiary/aromatic N) is 1. The van der Waals surface area contributed by atoms with Crippen LogP contribution in [-0.4, -0.2) is 87.4 Å². The predicted octanol–water partition coefficient (Wildman–Crippen LogP) is 28.9. The molecule has 9 heteroatoms. The summed E-state index contributed by atoms with van der Waals surface area (Å²) in [5.74, 6) is -1.97. The van der Waals surface area contributed by atoms with Crippen molar-refractivity contribution in [3.05, 3.63) is 60.8 Å². The molecule has 0 fully saturated rings. The first-order chi connectivity index (χ1) is 49.6. The Bertz CT molecular complexity index is 1850. The summed E-state index contributed by atoms with van der Waals surface area (Å²) in [7, 11) is 6.00. The molecule has 0 aromatic rings. The van der Waals surface area contributed by atoms with E-state index in [9.17, 15) is 19.5 Å². The molecular formula is C92H172NO8+. The van der Waals surface area contributed by atoms with Crippen molar-refractivity contribution in [2.24, 2.45) is 0 Å². The van der Waals surface area contributed by atoms with Crippen LogP contribution >= 0.6 is 0 Å². The van der Waals surface area contributed by atoms with E-state index in [1.807, 2.05) is 21.1 Å². The highest BCUT2D eigenvalue weighted by molar-refractivity contribution is 5.71. The fourth-order valence-electron chi connectivity index (χ4n) is 13.5. The maximum Gasteiger partial charge on any atom is 0.361 e. The van der Waals surface area contributed by atoms with Gasteiger partial charge in [0.15, 0.2) is 6.10 Å². The second kappa shape index (κ2) is 82.6. The van der Waals surface area contributed by atoms with E-state index in [4.69, 9.17) is 18.9 Å². The van der Waals surface area contributed by atoms with Gasteiger partial charge in [-0.15, -0.1) is 0 Å². The Balaban J connectivity index is 3.90. The largest absolute Gasteiger partial charge is 0.477 e. The third-order valence-electron chi connectivity index (χ3n) is 20.3. The van der Waals surface area contributed by atoms with Gasteiger partial charge in [0.1, 0.15) is 13.2 Å². The SMILES string of the molecule is CC/C=C\C/C=C\C/C=C\C/C=C\CCCCCCCCCCCCCCCCCCCCCCCCCCC(=O)OC(COC(=O)CCCCCCCCCCCCCCCCCCCCCCCCCCCCC/C=C\CCCCCCCCCC)COC(OCC[N+](C)(C)C)C(=O)O. The average molecular weight is 1420 g/mol. The molecule has 0 aromatic heterocycles. The van der Waals surface area contributed by atoms with E-state index in [1.54, 1.807) is 0 Å². The number of carbonyl (C=O) groups excluding carboxylic acids is 2. The predicted molar refractivity (Wildman–Crippen MR) is 438 cm³/mol. The second-order valence-corrected chi connectivity index (χ2v) is 31.5. The Kier molecular flexibility index (Phi) is 80.2. The van der Waals surface area contributed by atoms with Crippen LogP contribution in [0, 0.1) is 0 Å². The van der Waals surface area contributed by atoms with Crippen molar-refractivity contribution >= 4 is 17.9 Å². The molecule has 0 aliphatic heterocycles. The molecule has 101 heavy (non-hydrogen) atoms. The van der Waals surface area contributed by atoms with E-state index >= 15 is 0 Å². The summed E-state index contributed by atoms with van der Waals surface area (Å²) in [6.07, 6.45) is 109. The molecule has 0 aliphatic rings. The molecule has 0 saturated heterocycles. The lowest BCUT2D eigenvalue weighted by atomic mass is 10.0. The lowest BCUT2D eigenvalue weighted by Crippen LogP contribution is -2.40. The summed E-state index contributed by atoms with van der Waals surface area (Å²) in [4.78, 5) is 37.8. The number of carboxylic acid groups (broad SMARTS) is 1. The van der Waals surface area contributed by atoms with Crippen LogP contribution in [0.2, 0.25) is 0 Å². The smallest absolute Gasteiger partial charge is 0.361 e. The standard InChI is InChI=1S/C92H171NO8/c1-6-8-10-12-14-16-18-20-22-24-26-28-30-32-34-36-38-40-42-44-45-47-48-50-52-54-56-58-60-62-64-66-68-70-72-74-76-78-80-82-89(94)99-86-88(87-100-92(91(96)97)98-85-84-93(3,4)5)101-90(95)83-81-79-77-75-73-71-69-67-65-63-61-59-57-55-53-51-49-46-43-41-39-37-35-33-31-29-27-25-23-21-19-17-15-13-11-9-7-2/h9,11,15,17,21,23-24,26-27,29,88,92H,6-8,10,12-14,16,18-20,22,25,28,30-87H2,1-5H3/p+1/b11-9-,17-15-,23-21-,26-24-,29-27-. The number of hydrogen-bond donors (Lipinski definition) is 1. The van der Waals surface area contributed by atoms with Crippen LogP contribution in [0.5, 0.6) is 0 Å². The lowest BCUT2D eigenvalue weighted by Gasteiger charge is -2.25. The number of likely N-dealkylation sites (N-methyl/N-ethyl adjacent to an activating group) is 1. The Morgan fingerprint density at radius 1 is 0.307 bits per heavy atom. The third-order valence-corrected chi connectivity index (χ3v) is 20.3. The zero-order valence-corrected chi connectivity index (χ0v) is 68.1. The Hall–Kier alpha value is -3.01. The molecule has 0 saturated carbocycles. The third kappa shape index (κ3) is 84.1. The van der Waals surface area contributed by atoms with Gasteiger partial charge in [0.2, 0.25) is 0 Å². The van der Waals surface area contributed by atoms with Gasteiger partial charge in [0.25, 0.3) is 6.29 Å². The lowest BCUT2D eigenvalue weighted by molar-refractivity contribution is -0.870. The van der Waals surface area contributed by atoms with E-state index in [2.05, 4.69) is 74.6 Å². The fraction of sp³-hybridized carbons (Fsp3) is 0.859. The van der Waals surface area contributed by atoms with Crippen molar-refractivity contribution in [2.75, 3.05) is 47.5 Å². The van der Waals surface area contributed by atoms with Gasteiger partial charge in [-0.1, -0.05) is 421 Å². The molecule has 592 valence electrons. The van der Waals surface area contributed by atoms with Gasteiger partial charge < -0.3 is 28.5 Å². The van der Waals surface area contributed by atoms with Crippen molar-refractivity contribution in [1.82, 2.24) is 0 Å². The van der Waals surface area contributed by atoms with E-state index < -0.39 is 18.4 Å². The average Bonchev–Trinajstić information content (AvgIpc) is 1.25. The summed E-state index contributed by atoms with van der Waals surface area (Å²) < 4.78 is 23.1. The number of quaternary nitrogens is 1. The highest BCUT2D eigenvalue weighted by atomic mass is 16.7. The fourth-order valence-corrected chi connectivity index (χ4v) is 13.5. The zero-order valence-electron chi connectivity index (χ0n) is 68.1. The molecule has 0 bridgehead atoms. The minimum absolute atomic E-state index is 0.175. The quantitative estimate of drug-likeness (QED) is 0.0211. The molecule has 0 spiro atoms. The van der Waals surface area contributed by atoms with Crippen molar-refractivity contribution in [3.8, 4) is 0 Å². The first-order valence-electron chi connectivity index (χ1n) is 44.5. The van der Waals surface area contributed by atoms with E-state index in [0.29, 0.717) is 17.4 Å². The maximum atomic E-state index is 13.0. The minimum Gasteiger partial charge on any atom is -0.477 e. The Morgan fingerprint density at radius 3 is 0.851 bits per heavy atom. The normalized spacial score (nSPS) is 12.8. The number of esters is 2. The van der Waals surface area contributed by atoms with Gasteiger partial charge in [-0.3, -0.25) is 9.59 Å². The van der Waals surface area contributed by atoms with Crippen molar-refractivity contribution in [2.45, 2.75) is 463 Å². The monoisotopic (exact) mass is 1420 g/mol. The Morgan fingerprint density at radius 2 is 0.564 bits per heavy atom. The highest BCUT2D eigenvalue weighted by Gasteiger charge is 2.25.